The minimum absolute atomic E-state index is 0.152. The second-order valence-electron chi connectivity index (χ2n) is 2.31. The van der Waals surface area contributed by atoms with E-state index in [0.29, 0.717) is 4.24 Å². The van der Waals surface area contributed by atoms with Crippen molar-refractivity contribution in [3.63, 3.8) is 0 Å². The maximum absolute atomic E-state index is 11.2. The first kappa shape index (κ1) is 11.4. The standard InChI is InChI=1S/C7H9NO4S2/c1-2-12-6(9)5(8(10)11)7-13-3-4-14-7/h2-4H2,1H3. The molecule has 14 heavy (non-hydrogen) atoms. The molecular weight excluding hydrogens is 226 g/mol. The fourth-order valence-corrected chi connectivity index (χ4v) is 3.34. The van der Waals surface area contributed by atoms with Gasteiger partial charge in [-0.2, -0.15) is 0 Å². The SMILES string of the molecule is CCOC(=O)C(=C1SCCS1)[N+](=O)[O-]. The van der Waals surface area contributed by atoms with Crippen LogP contribution in [0.1, 0.15) is 6.92 Å². The third-order valence-electron chi connectivity index (χ3n) is 1.39. The number of carbonyl (C=O) groups is 1. The topological polar surface area (TPSA) is 69.4 Å². The van der Waals surface area contributed by atoms with E-state index in [0.717, 1.165) is 11.5 Å². The van der Waals surface area contributed by atoms with Crippen molar-refractivity contribution in [1.29, 1.82) is 0 Å². The van der Waals surface area contributed by atoms with Gasteiger partial charge < -0.3 is 4.74 Å². The van der Waals surface area contributed by atoms with Gasteiger partial charge in [-0.25, -0.2) is 4.79 Å². The average molecular weight is 235 g/mol. The van der Waals surface area contributed by atoms with E-state index in [1.165, 1.54) is 23.5 Å². The maximum atomic E-state index is 11.2. The lowest BCUT2D eigenvalue weighted by Crippen LogP contribution is -2.15. The van der Waals surface area contributed by atoms with Gasteiger partial charge in [0.25, 0.3) is 0 Å². The molecule has 1 fully saturated rings. The van der Waals surface area contributed by atoms with Crippen molar-refractivity contribution in [1.82, 2.24) is 0 Å². The number of thioether (sulfide) groups is 2. The van der Waals surface area contributed by atoms with Crippen LogP contribution in [0.5, 0.6) is 0 Å². The Morgan fingerprint density at radius 3 is 2.57 bits per heavy atom. The summed E-state index contributed by atoms with van der Waals surface area (Å²) < 4.78 is 5.08. The van der Waals surface area contributed by atoms with E-state index in [1.807, 2.05) is 0 Å². The molecule has 0 saturated carbocycles. The van der Waals surface area contributed by atoms with Crippen molar-refractivity contribution in [2.75, 3.05) is 18.1 Å². The molecule has 5 nitrogen and oxygen atoms in total. The zero-order chi connectivity index (χ0) is 10.6. The summed E-state index contributed by atoms with van der Waals surface area (Å²) in [6.07, 6.45) is 0. The van der Waals surface area contributed by atoms with Crippen molar-refractivity contribution in [2.24, 2.45) is 0 Å². The highest BCUT2D eigenvalue weighted by atomic mass is 32.2. The van der Waals surface area contributed by atoms with Gasteiger partial charge in [0.1, 0.15) is 4.24 Å². The van der Waals surface area contributed by atoms with Crippen molar-refractivity contribution in [2.45, 2.75) is 6.92 Å². The van der Waals surface area contributed by atoms with Crippen LogP contribution in [0.15, 0.2) is 9.93 Å². The molecule has 0 aliphatic carbocycles. The molecule has 0 atom stereocenters. The number of esters is 1. The predicted molar refractivity (Wildman–Crippen MR) is 55.6 cm³/mol. The fraction of sp³-hybridized carbons (Fsp3) is 0.571. The molecule has 1 heterocycles. The molecule has 0 spiro atoms. The monoisotopic (exact) mass is 235 g/mol. The molecule has 0 aromatic rings. The largest absolute Gasteiger partial charge is 0.458 e. The van der Waals surface area contributed by atoms with E-state index in [2.05, 4.69) is 4.74 Å². The van der Waals surface area contributed by atoms with E-state index < -0.39 is 16.6 Å². The summed E-state index contributed by atoms with van der Waals surface area (Å²) in [4.78, 5) is 21.2. The molecule has 0 aromatic heterocycles. The zero-order valence-corrected chi connectivity index (χ0v) is 9.15. The van der Waals surface area contributed by atoms with Crippen molar-refractivity contribution >= 4 is 29.5 Å². The number of rotatable bonds is 3. The summed E-state index contributed by atoms with van der Waals surface area (Å²) in [5.74, 6) is 0.766. The fourth-order valence-electron chi connectivity index (χ4n) is 0.879. The molecule has 1 saturated heterocycles. The summed E-state index contributed by atoms with van der Waals surface area (Å²) >= 11 is 2.67. The van der Waals surface area contributed by atoms with Crippen molar-refractivity contribution in [3.8, 4) is 0 Å². The van der Waals surface area contributed by atoms with Crippen LogP contribution in [0.4, 0.5) is 0 Å². The van der Waals surface area contributed by atoms with Crippen LogP contribution in [-0.2, 0) is 9.53 Å². The van der Waals surface area contributed by atoms with Crippen LogP contribution in [0, 0.1) is 10.1 Å². The normalized spacial score (nSPS) is 15.4. The third kappa shape index (κ3) is 2.65. The second-order valence-corrected chi connectivity index (χ2v) is 4.78. The summed E-state index contributed by atoms with van der Waals surface area (Å²) in [6, 6.07) is 0. The molecule has 78 valence electrons. The molecule has 0 bridgehead atoms. The minimum atomic E-state index is -0.839. The van der Waals surface area contributed by atoms with Gasteiger partial charge in [0, 0.05) is 11.5 Å². The molecule has 0 N–H and O–H groups in total. The molecule has 7 heteroatoms. The van der Waals surface area contributed by atoms with Gasteiger partial charge in [-0.3, -0.25) is 10.1 Å². The minimum Gasteiger partial charge on any atom is -0.458 e. The van der Waals surface area contributed by atoms with E-state index in [-0.39, 0.29) is 6.61 Å². The molecule has 1 aliphatic heterocycles. The highest BCUT2D eigenvalue weighted by molar-refractivity contribution is 8.25. The summed E-state index contributed by atoms with van der Waals surface area (Å²) in [7, 11) is 0. The second kappa shape index (κ2) is 5.26. The smallest absolute Gasteiger partial charge is 0.411 e. The summed E-state index contributed by atoms with van der Waals surface area (Å²) in [5, 5.41) is 10.6. The van der Waals surface area contributed by atoms with E-state index in [4.69, 9.17) is 0 Å². The Balaban J connectivity index is 2.88. The Hall–Kier alpha value is -0.690. The highest BCUT2D eigenvalue weighted by Gasteiger charge is 2.31. The molecule has 0 radical (unpaired) electrons. The van der Waals surface area contributed by atoms with Gasteiger partial charge >= 0.3 is 11.7 Å². The Bertz CT molecular complexity index is 281. The molecular formula is C7H9NO4S2. The summed E-state index contributed by atoms with van der Waals surface area (Å²) in [5.41, 5.74) is -0.417. The van der Waals surface area contributed by atoms with Crippen LogP contribution in [0.25, 0.3) is 0 Å². The van der Waals surface area contributed by atoms with Gasteiger partial charge in [0.15, 0.2) is 0 Å². The number of carbonyl (C=O) groups excluding carboxylic acids is 1. The Morgan fingerprint density at radius 2 is 2.14 bits per heavy atom. The van der Waals surface area contributed by atoms with Gasteiger partial charge in [0.05, 0.1) is 11.5 Å². The lowest BCUT2D eigenvalue weighted by Gasteiger charge is -2.00. The number of hydrogen-bond donors (Lipinski definition) is 0. The first-order valence-electron chi connectivity index (χ1n) is 3.98. The number of ether oxygens (including phenoxy) is 1. The molecule has 1 aliphatic rings. The molecule has 0 aromatic carbocycles. The number of nitrogens with zero attached hydrogens (tertiary/aromatic N) is 1. The Morgan fingerprint density at radius 1 is 1.57 bits per heavy atom. The van der Waals surface area contributed by atoms with Gasteiger partial charge in [-0.15, -0.1) is 23.5 Å². The van der Waals surface area contributed by atoms with Crippen LogP contribution in [0.2, 0.25) is 0 Å². The van der Waals surface area contributed by atoms with Gasteiger partial charge in [-0.05, 0) is 6.92 Å². The van der Waals surface area contributed by atoms with Crippen LogP contribution in [0.3, 0.4) is 0 Å². The first-order chi connectivity index (χ1) is 6.66. The third-order valence-corrected chi connectivity index (χ3v) is 4.09. The average Bonchev–Trinajstić information content (AvgIpc) is 2.57. The molecule has 0 amide bonds. The lowest BCUT2D eigenvalue weighted by molar-refractivity contribution is -0.421. The van der Waals surface area contributed by atoms with Gasteiger partial charge in [-0.1, -0.05) is 0 Å². The Kier molecular flexibility index (Phi) is 4.27. The van der Waals surface area contributed by atoms with E-state index >= 15 is 0 Å². The quantitative estimate of drug-likeness (QED) is 0.319. The summed E-state index contributed by atoms with van der Waals surface area (Å²) in [6.45, 7) is 1.77. The van der Waals surface area contributed by atoms with E-state index in [1.54, 1.807) is 6.92 Å². The van der Waals surface area contributed by atoms with Gasteiger partial charge in [0.2, 0.25) is 0 Å². The Labute approximate surface area is 89.4 Å². The molecule has 0 unspecified atom stereocenters. The molecule has 1 rings (SSSR count). The van der Waals surface area contributed by atoms with Crippen LogP contribution >= 0.6 is 23.5 Å². The maximum Gasteiger partial charge on any atom is 0.411 e. The predicted octanol–water partition coefficient (Wildman–Crippen LogP) is 1.48. The van der Waals surface area contributed by atoms with E-state index in [9.17, 15) is 14.9 Å². The van der Waals surface area contributed by atoms with Crippen molar-refractivity contribution in [3.05, 3.63) is 20.0 Å². The van der Waals surface area contributed by atoms with Crippen molar-refractivity contribution < 1.29 is 14.5 Å². The number of hydrogen-bond acceptors (Lipinski definition) is 6. The first-order valence-corrected chi connectivity index (χ1v) is 5.95. The number of nitro groups is 1. The lowest BCUT2D eigenvalue weighted by atomic mass is 10.5. The van der Waals surface area contributed by atoms with Crippen LogP contribution in [-0.4, -0.2) is 29.0 Å². The van der Waals surface area contributed by atoms with Crippen LogP contribution < -0.4 is 0 Å². The highest BCUT2D eigenvalue weighted by Crippen LogP contribution is 2.38. The zero-order valence-electron chi connectivity index (χ0n) is 7.52.